The quantitative estimate of drug-likeness (QED) is 0.839. The molecule has 1 unspecified atom stereocenters. The number of hydrogen-bond acceptors (Lipinski definition) is 5. The molecule has 1 aromatic carbocycles. The van der Waals surface area contributed by atoms with Crippen molar-refractivity contribution < 1.29 is 13.9 Å². The second-order valence-corrected chi connectivity index (χ2v) is 7.40. The molecule has 1 aliphatic carbocycles. The summed E-state index contributed by atoms with van der Waals surface area (Å²) in [5, 5.41) is 4.28. The maximum absolute atomic E-state index is 12.7. The second-order valence-electron chi connectivity index (χ2n) is 7.40. The molecule has 144 valence electrons. The van der Waals surface area contributed by atoms with E-state index in [2.05, 4.69) is 5.32 Å². The number of nitrogens with one attached hydrogen (secondary N) is 1. The number of ether oxygens (including phenoxy) is 1. The summed E-state index contributed by atoms with van der Waals surface area (Å²) >= 11 is 0. The summed E-state index contributed by atoms with van der Waals surface area (Å²) in [6, 6.07) is 5.55. The average Bonchev–Trinajstić information content (AvgIpc) is 2.97. The summed E-state index contributed by atoms with van der Waals surface area (Å²) in [5.74, 6) is 0.542. The van der Waals surface area contributed by atoms with Gasteiger partial charge in [0.05, 0.1) is 0 Å². The minimum atomic E-state index is -0.579. The Morgan fingerprint density at radius 1 is 1.15 bits per heavy atom. The van der Waals surface area contributed by atoms with Gasteiger partial charge < -0.3 is 19.4 Å². The van der Waals surface area contributed by atoms with E-state index < -0.39 is 6.10 Å². The van der Waals surface area contributed by atoms with Gasteiger partial charge in [-0.1, -0.05) is 0 Å². The lowest BCUT2D eigenvalue weighted by Crippen LogP contribution is -2.42. The molecule has 1 saturated heterocycles. The number of carbonyl (C=O) groups excluding carboxylic acids is 1. The van der Waals surface area contributed by atoms with E-state index >= 15 is 0 Å². The van der Waals surface area contributed by atoms with Gasteiger partial charge in [-0.05, 0) is 63.3 Å². The van der Waals surface area contributed by atoms with Crippen LogP contribution in [0.15, 0.2) is 27.4 Å². The molecular formula is C21H26N2O4. The van der Waals surface area contributed by atoms with Crippen LogP contribution in [0, 0.1) is 0 Å². The first-order chi connectivity index (χ1) is 13.1. The standard InChI is InChI=1S/C21H26N2O4/c1-14(20(24)23-11-4-9-22-10-12-23)26-15-7-8-17-16-5-2-3-6-18(16)21(25)27-19(17)13-15/h7-8,13-14,22H,2-6,9-12H2,1H3. The van der Waals surface area contributed by atoms with E-state index in [9.17, 15) is 9.59 Å². The predicted octanol–water partition coefficient (Wildman–Crippen LogP) is 2.26. The molecule has 1 atom stereocenters. The molecule has 2 heterocycles. The minimum Gasteiger partial charge on any atom is -0.481 e. The van der Waals surface area contributed by atoms with Gasteiger partial charge in [-0.2, -0.15) is 0 Å². The zero-order valence-electron chi connectivity index (χ0n) is 15.8. The maximum Gasteiger partial charge on any atom is 0.339 e. The van der Waals surface area contributed by atoms with Gasteiger partial charge in [-0.25, -0.2) is 4.79 Å². The first-order valence-electron chi connectivity index (χ1n) is 9.88. The third kappa shape index (κ3) is 3.72. The summed E-state index contributed by atoms with van der Waals surface area (Å²) in [5.41, 5.74) is 2.23. The highest BCUT2D eigenvalue weighted by Gasteiger charge is 2.23. The molecule has 1 aromatic heterocycles. The third-order valence-electron chi connectivity index (χ3n) is 5.51. The van der Waals surface area contributed by atoms with Crippen LogP contribution < -0.4 is 15.7 Å². The zero-order valence-corrected chi connectivity index (χ0v) is 15.8. The van der Waals surface area contributed by atoms with Crippen LogP contribution in [-0.2, 0) is 17.6 Å². The molecule has 27 heavy (non-hydrogen) atoms. The first-order valence-corrected chi connectivity index (χ1v) is 9.88. The molecule has 4 rings (SSSR count). The van der Waals surface area contributed by atoms with Crippen molar-refractivity contribution in [3.8, 4) is 5.75 Å². The molecule has 6 heteroatoms. The maximum atomic E-state index is 12.7. The molecule has 0 bridgehead atoms. The van der Waals surface area contributed by atoms with E-state index in [1.165, 1.54) is 0 Å². The molecule has 1 fully saturated rings. The monoisotopic (exact) mass is 370 g/mol. The van der Waals surface area contributed by atoms with Crippen molar-refractivity contribution in [2.45, 2.75) is 45.1 Å². The van der Waals surface area contributed by atoms with Gasteiger partial charge in [-0.15, -0.1) is 0 Å². The molecule has 1 N–H and O–H groups in total. The SMILES string of the molecule is CC(Oc1ccc2c3c(c(=O)oc2c1)CCCC3)C(=O)N1CCCNCC1. The lowest BCUT2D eigenvalue weighted by molar-refractivity contribution is -0.137. The number of rotatable bonds is 3. The van der Waals surface area contributed by atoms with Crippen LogP contribution >= 0.6 is 0 Å². The summed E-state index contributed by atoms with van der Waals surface area (Å²) in [7, 11) is 0. The average molecular weight is 370 g/mol. The molecule has 0 radical (unpaired) electrons. The van der Waals surface area contributed by atoms with Crippen LogP contribution in [0.1, 0.15) is 37.3 Å². The number of aryl methyl sites for hydroxylation is 1. The van der Waals surface area contributed by atoms with Crippen molar-refractivity contribution in [1.29, 1.82) is 0 Å². The molecule has 0 saturated carbocycles. The topological polar surface area (TPSA) is 71.8 Å². The largest absolute Gasteiger partial charge is 0.481 e. The van der Waals surface area contributed by atoms with Gasteiger partial charge in [0.2, 0.25) is 0 Å². The van der Waals surface area contributed by atoms with Gasteiger partial charge in [-0.3, -0.25) is 4.79 Å². The summed E-state index contributed by atoms with van der Waals surface area (Å²) < 4.78 is 11.4. The van der Waals surface area contributed by atoms with Gasteiger partial charge in [0, 0.05) is 36.7 Å². The van der Waals surface area contributed by atoms with E-state index in [-0.39, 0.29) is 11.5 Å². The van der Waals surface area contributed by atoms with Crippen molar-refractivity contribution in [3.63, 3.8) is 0 Å². The smallest absolute Gasteiger partial charge is 0.339 e. The van der Waals surface area contributed by atoms with Crippen molar-refractivity contribution in [2.75, 3.05) is 26.2 Å². The van der Waals surface area contributed by atoms with E-state index in [1.54, 1.807) is 13.0 Å². The van der Waals surface area contributed by atoms with Crippen molar-refractivity contribution in [3.05, 3.63) is 39.7 Å². The molecule has 2 aromatic rings. The minimum absolute atomic E-state index is 0.00862. The van der Waals surface area contributed by atoms with Crippen LogP contribution in [0.5, 0.6) is 5.75 Å². The molecule has 0 spiro atoms. The van der Waals surface area contributed by atoms with Crippen LogP contribution in [0.3, 0.4) is 0 Å². The van der Waals surface area contributed by atoms with Crippen LogP contribution in [0.25, 0.3) is 11.0 Å². The van der Waals surface area contributed by atoms with Crippen LogP contribution in [0.2, 0.25) is 0 Å². The van der Waals surface area contributed by atoms with Crippen LogP contribution in [0.4, 0.5) is 0 Å². The number of carbonyl (C=O) groups is 1. The molecule has 1 aliphatic heterocycles. The fourth-order valence-corrected chi connectivity index (χ4v) is 4.08. The summed E-state index contributed by atoms with van der Waals surface area (Å²) in [4.78, 5) is 26.8. The van der Waals surface area contributed by atoms with E-state index in [4.69, 9.17) is 9.15 Å². The number of amides is 1. The summed E-state index contributed by atoms with van der Waals surface area (Å²) in [6.45, 7) is 4.97. The third-order valence-corrected chi connectivity index (χ3v) is 5.51. The Morgan fingerprint density at radius 3 is 2.81 bits per heavy atom. The van der Waals surface area contributed by atoms with Gasteiger partial charge in [0.25, 0.3) is 5.91 Å². The van der Waals surface area contributed by atoms with Crippen molar-refractivity contribution >= 4 is 16.9 Å². The Balaban J connectivity index is 1.55. The Hall–Kier alpha value is -2.34. The van der Waals surface area contributed by atoms with E-state index in [1.807, 2.05) is 17.0 Å². The van der Waals surface area contributed by atoms with Crippen molar-refractivity contribution in [2.24, 2.45) is 0 Å². The van der Waals surface area contributed by atoms with Gasteiger partial charge in [0.1, 0.15) is 11.3 Å². The highest BCUT2D eigenvalue weighted by molar-refractivity contribution is 5.84. The lowest BCUT2D eigenvalue weighted by Gasteiger charge is -2.24. The van der Waals surface area contributed by atoms with E-state index in [0.717, 1.165) is 68.3 Å². The fraction of sp³-hybridized carbons (Fsp3) is 0.524. The number of benzene rings is 1. The molecule has 2 aliphatic rings. The number of fused-ring (bicyclic) bond motifs is 3. The molecular weight excluding hydrogens is 344 g/mol. The normalized spacial score (nSPS) is 18.6. The Morgan fingerprint density at radius 2 is 1.96 bits per heavy atom. The first kappa shape index (κ1) is 18.0. The fourth-order valence-electron chi connectivity index (χ4n) is 4.08. The Kier molecular flexibility index (Phi) is 5.16. The van der Waals surface area contributed by atoms with Gasteiger partial charge in [0.15, 0.2) is 6.10 Å². The Labute approximate surface area is 158 Å². The van der Waals surface area contributed by atoms with Crippen LogP contribution in [-0.4, -0.2) is 43.1 Å². The lowest BCUT2D eigenvalue weighted by atomic mass is 9.91. The highest BCUT2D eigenvalue weighted by atomic mass is 16.5. The van der Waals surface area contributed by atoms with Gasteiger partial charge >= 0.3 is 5.63 Å². The predicted molar refractivity (Wildman–Crippen MR) is 103 cm³/mol. The zero-order chi connectivity index (χ0) is 18.8. The second kappa shape index (κ2) is 7.72. The Bertz CT molecular complexity index is 897. The van der Waals surface area contributed by atoms with Crippen molar-refractivity contribution in [1.82, 2.24) is 10.2 Å². The molecule has 1 amide bonds. The molecule has 6 nitrogen and oxygen atoms in total. The van der Waals surface area contributed by atoms with E-state index in [0.29, 0.717) is 17.9 Å². The number of hydrogen-bond donors (Lipinski definition) is 1. The summed E-state index contributed by atoms with van der Waals surface area (Å²) in [6.07, 6.45) is 4.21. The highest BCUT2D eigenvalue weighted by Crippen LogP contribution is 2.29. The number of nitrogens with zero attached hydrogens (tertiary/aromatic N) is 1.